The molecule has 1 aromatic rings. The summed E-state index contributed by atoms with van der Waals surface area (Å²) < 4.78 is 0. The Labute approximate surface area is 137 Å². The lowest BCUT2D eigenvalue weighted by Gasteiger charge is -2.51. The highest BCUT2D eigenvalue weighted by molar-refractivity contribution is 6.30. The second-order valence-electron chi connectivity index (χ2n) is 6.36. The molecule has 0 heterocycles. The number of benzene rings is 1. The van der Waals surface area contributed by atoms with Gasteiger partial charge in [-0.25, -0.2) is 0 Å². The van der Waals surface area contributed by atoms with Gasteiger partial charge in [-0.1, -0.05) is 42.9 Å². The predicted molar refractivity (Wildman–Crippen MR) is 89.0 cm³/mol. The Hall–Kier alpha value is -1.04. The molecule has 1 aromatic carbocycles. The molecule has 1 aliphatic carbocycles. The summed E-state index contributed by atoms with van der Waals surface area (Å²) in [4.78, 5) is 11.6. The lowest BCUT2D eigenvalue weighted by atomic mass is 9.58. The first-order valence-corrected chi connectivity index (χ1v) is 7.97. The van der Waals surface area contributed by atoms with E-state index in [0.717, 1.165) is 12.0 Å². The minimum atomic E-state index is -1.22. The van der Waals surface area contributed by atoms with Gasteiger partial charge < -0.3 is 16.6 Å². The third-order valence-electron chi connectivity index (χ3n) is 4.81. The summed E-state index contributed by atoms with van der Waals surface area (Å²) in [6.07, 6.45) is 3.62. The molecule has 1 saturated carbocycles. The van der Waals surface area contributed by atoms with E-state index in [9.17, 15) is 9.90 Å². The first-order valence-electron chi connectivity index (χ1n) is 7.59. The predicted octanol–water partition coefficient (Wildman–Crippen LogP) is 2.44. The monoisotopic (exact) mass is 320 g/mol. The molecule has 2 radical (unpaired) electrons. The van der Waals surface area contributed by atoms with Gasteiger partial charge in [-0.2, -0.15) is 0 Å². The Bertz CT molecular complexity index is 531. The summed E-state index contributed by atoms with van der Waals surface area (Å²) in [6.45, 7) is 0. The molecule has 1 aliphatic rings. The zero-order valence-electron chi connectivity index (χ0n) is 12.6. The molecular weight excluding hydrogens is 298 g/mol. The number of carbonyl (C=O) groups is 1. The topological polar surface area (TPSA) is 89.3 Å². The SMILES string of the molecule is [B]CCCCC(N)(C(=O)O)C1CC(N)(c2ccc(Cl)cc2)C1. The van der Waals surface area contributed by atoms with Gasteiger partial charge in [-0.3, -0.25) is 4.79 Å². The second-order valence-corrected chi connectivity index (χ2v) is 6.80. The summed E-state index contributed by atoms with van der Waals surface area (Å²) in [5.74, 6) is -1.07. The van der Waals surface area contributed by atoms with Crippen LogP contribution in [0.1, 0.15) is 37.7 Å². The van der Waals surface area contributed by atoms with Gasteiger partial charge in [0.1, 0.15) is 5.54 Å². The van der Waals surface area contributed by atoms with E-state index in [0.29, 0.717) is 37.0 Å². The molecule has 0 bridgehead atoms. The Morgan fingerprint density at radius 2 is 1.95 bits per heavy atom. The molecule has 0 aliphatic heterocycles. The maximum atomic E-state index is 11.6. The molecule has 6 heteroatoms. The molecule has 1 unspecified atom stereocenters. The van der Waals surface area contributed by atoms with Crippen molar-refractivity contribution in [1.29, 1.82) is 0 Å². The standard InChI is InChI=1S/C16H22BClN2O2/c17-8-2-1-7-16(20,14(21)22)12-9-15(19,10-12)11-3-5-13(18)6-4-11/h3-6,12H,1-2,7-10,19-20H2,(H,21,22). The Morgan fingerprint density at radius 3 is 2.45 bits per heavy atom. The summed E-state index contributed by atoms with van der Waals surface area (Å²) in [5.41, 5.74) is 11.8. The third-order valence-corrected chi connectivity index (χ3v) is 5.06. The first kappa shape index (κ1) is 17.3. The van der Waals surface area contributed by atoms with E-state index in [4.69, 9.17) is 30.9 Å². The molecule has 0 aromatic heterocycles. The number of aliphatic carboxylic acids is 1. The van der Waals surface area contributed by atoms with E-state index < -0.39 is 17.0 Å². The number of hydrogen-bond acceptors (Lipinski definition) is 3. The van der Waals surface area contributed by atoms with Crippen molar-refractivity contribution in [1.82, 2.24) is 0 Å². The lowest BCUT2D eigenvalue weighted by molar-refractivity contribution is -0.149. The fourth-order valence-corrected chi connectivity index (χ4v) is 3.37. The van der Waals surface area contributed by atoms with Crippen molar-refractivity contribution >= 4 is 25.4 Å². The van der Waals surface area contributed by atoms with Crippen LogP contribution in [0.25, 0.3) is 0 Å². The largest absolute Gasteiger partial charge is 0.480 e. The average Bonchev–Trinajstić information content (AvgIpc) is 2.44. The number of carboxylic acids is 1. The van der Waals surface area contributed by atoms with E-state index in [1.54, 1.807) is 12.1 Å². The molecule has 1 fully saturated rings. The van der Waals surface area contributed by atoms with E-state index in [1.165, 1.54) is 0 Å². The van der Waals surface area contributed by atoms with E-state index in [-0.39, 0.29) is 5.92 Å². The maximum Gasteiger partial charge on any atom is 0.323 e. The molecule has 0 spiro atoms. The van der Waals surface area contributed by atoms with Crippen molar-refractivity contribution in [3.8, 4) is 0 Å². The van der Waals surface area contributed by atoms with Crippen molar-refractivity contribution in [3.05, 3.63) is 34.9 Å². The van der Waals surface area contributed by atoms with Crippen LogP contribution in [0.2, 0.25) is 11.3 Å². The van der Waals surface area contributed by atoms with Crippen LogP contribution in [0.15, 0.2) is 24.3 Å². The molecule has 118 valence electrons. The van der Waals surface area contributed by atoms with Crippen LogP contribution < -0.4 is 11.5 Å². The number of rotatable bonds is 7. The van der Waals surface area contributed by atoms with Crippen LogP contribution in [0, 0.1) is 5.92 Å². The van der Waals surface area contributed by atoms with E-state index >= 15 is 0 Å². The van der Waals surface area contributed by atoms with E-state index in [2.05, 4.69) is 0 Å². The summed E-state index contributed by atoms with van der Waals surface area (Å²) in [5, 5.41) is 10.2. The minimum Gasteiger partial charge on any atom is -0.480 e. The fourth-order valence-electron chi connectivity index (χ4n) is 3.25. The third kappa shape index (κ3) is 3.32. The second kappa shape index (κ2) is 6.61. The van der Waals surface area contributed by atoms with Gasteiger partial charge >= 0.3 is 5.97 Å². The van der Waals surface area contributed by atoms with Gasteiger partial charge in [0.05, 0.1) is 7.85 Å². The summed E-state index contributed by atoms with van der Waals surface area (Å²) in [7, 11) is 5.47. The number of carboxylic acid groups (broad SMARTS) is 1. The maximum absolute atomic E-state index is 11.6. The first-order chi connectivity index (χ1) is 10.3. The smallest absolute Gasteiger partial charge is 0.323 e. The summed E-state index contributed by atoms with van der Waals surface area (Å²) >= 11 is 5.89. The molecule has 5 N–H and O–H groups in total. The molecule has 1 atom stereocenters. The number of halogens is 1. The Morgan fingerprint density at radius 1 is 1.36 bits per heavy atom. The Balaban J connectivity index is 2.06. The molecule has 4 nitrogen and oxygen atoms in total. The normalized spacial score (nSPS) is 27.0. The number of nitrogens with two attached hydrogens (primary N) is 2. The van der Waals surface area contributed by atoms with Gasteiger partial charge in [0, 0.05) is 10.6 Å². The molecule has 2 rings (SSSR count). The van der Waals surface area contributed by atoms with E-state index in [1.807, 2.05) is 12.1 Å². The highest BCUT2D eigenvalue weighted by Gasteiger charge is 2.53. The lowest BCUT2D eigenvalue weighted by Crippen LogP contribution is -2.64. The van der Waals surface area contributed by atoms with Crippen LogP contribution in [0.4, 0.5) is 0 Å². The molecule has 0 amide bonds. The average molecular weight is 321 g/mol. The number of unbranched alkanes of at least 4 members (excludes halogenated alkanes) is 1. The number of hydrogen-bond donors (Lipinski definition) is 3. The van der Waals surface area contributed by atoms with Gasteiger partial charge in [-0.15, -0.1) is 0 Å². The quantitative estimate of drug-likeness (QED) is 0.532. The van der Waals surface area contributed by atoms with Crippen molar-refractivity contribution in [3.63, 3.8) is 0 Å². The highest BCUT2D eigenvalue weighted by Crippen LogP contribution is 2.49. The van der Waals surface area contributed by atoms with Gasteiger partial charge in [-0.05, 0) is 42.9 Å². The summed E-state index contributed by atoms with van der Waals surface area (Å²) in [6, 6.07) is 7.39. The highest BCUT2D eigenvalue weighted by atomic mass is 35.5. The van der Waals surface area contributed by atoms with Crippen molar-refractivity contribution < 1.29 is 9.90 Å². The molecular formula is C16H22BClN2O2. The van der Waals surface area contributed by atoms with Gasteiger partial charge in [0.15, 0.2) is 0 Å². The Kier molecular flexibility index (Phi) is 5.20. The van der Waals surface area contributed by atoms with Gasteiger partial charge in [0.25, 0.3) is 0 Å². The van der Waals surface area contributed by atoms with Gasteiger partial charge in [0.2, 0.25) is 0 Å². The van der Waals surface area contributed by atoms with Crippen molar-refractivity contribution in [2.75, 3.05) is 0 Å². The molecule has 22 heavy (non-hydrogen) atoms. The molecule has 0 saturated heterocycles. The zero-order chi connectivity index (χ0) is 16.4. The van der Waals surface area contributed by atoms with Crippen molar-refractivity contribution in [2.45, 2.75) is 49.5 Å². The minimum absolute atomic E-state index is 0.122. The zero-order valence-corrected chi connectivity index (χ0v) is 13.4. The van der Waals surface area contributed by atoms with Crippen LogP contribution in [0.5, 0.6) is 0 Å². The fraction of sp³-hybridized carbons (Fsp3) is 0.562. The van der Waals surface area contributed by atoms with Crippen LogP contribution in [-0.2, 0) is 10.3 Å². The van der Waals surface area contributed by atoms with Crippen LogP contribution in [0.3, 0.4) is 0 Å². The van der Waals surface area contributed by atoms with Crippen LogP contribution in [-0.4, -0.2) is 24.5 Å². The van der Waals surface area contributed by atoms with Crippen LogP contribution >= 0.6 is 11.6 Å². The van der Waals surface area contributed by atoms with Crippen molar-refractivity contribution in [2.24, 2.45) is 17.4 Å².